The molecule has 11 heteroatoms. The molecule has 0 amide bonds. The van der Waals surface area contributed by atoms with Gasteiger partial charge in [-0.05, 0) is 57.7 Å². The molecule has 1 aliphatic heterocycles. The Morgan fingerprint density at radius 1 is 1.08 bits per heavy atom. The number of benzene rings is 1. The highest BCUT2D eigenvalue weighted by atomic mass is 19.4. The van der Waals surface area contributed by atoms with Gasteiger partial charge in [0, 0.05) is 36.1 Å². The first kappa shape index (κ1) is 25.2. The van der Waals surface area contributed by atoms with Crippen LogP contribution in [0.25, 0.3) is 22.4 Å². The molecule has 0 spiro atoms. The fraction of sp³-hybridized carbons (Fsp3) is 0.423. The minimum Gasteiger partial charge on any atom is -0.404 e. The maximum Gasteiger partial charge on any atom is 0.416 e. The zero-order valence-electron chi connectivity index (χ0n) is 20.4. The molecule has 0 unspecified atom stereocenters. The Labute approximate surface area is 210 Å². The molecule has 7 nitrogen and oxygen atoms in total. The molecule has 0 radical (unpaired) electrons. The number of aryl methyl sites for hydroxylation is 2. The van der Waals surface area contributed by atoms with E-state index in [1.54, 1.807) is 20.1 Å². The van der Waals surface area contributed by atoms with Crippen LogP contribution in [0, 0.1) is 19.7 Å². The van der Waals surface area contributed by atoms with E-state index in [0.29, 0.717) is 48.8 Å². The summed E-state index contributed by atoms with van der Waals surface area (Å²) < 4.78 is 60.4. The number of aliphatic imine (C=N–C) groups is 1. The van der Waals surface area contributed by atoms with Crippen LogP contribution in [0.4, 0.5) is 17.6 Å². The van der Waals surface area contributed by atoms with E-state index < -0.39 is 17.6 Å². The van der Waals surface area contributed by atoms with Crippen LogP contribution in [-0.2, 0) is 10.9 Å². The molecule has 5 rings (SSSR count). The lowest BCUT2D eigenvalue weighted by molar-refractivity contribution is -0.137. The van der Waals surface area contributed by atoms with E-state index in [1.807, 2.05) is 0 Å². The largest absolute Gasteiger partial charge is 0.416 e. The van der Waals surface area contributed by atoms with E-state index in [1.165, 1.54) is 6.20 Å². The van der Waals surface area contributed by atoms with Crippen LogP contribution in [0.5, 0.6) is 0 Å². The lowest BCUT2D eigenvalue weighted by atomic mass is 9.91. The van der Waals surface area contributed by atoms with Crippen molar-refractivity contribution in [1.29, 1.82) is 0 Å². The highest BCUT2D eigenvalue weighted by Gasteiger charge is 2.33. The van der Waals surface area contributed by atoms with Gasteiger partial charge < -0.3 is 10.5 Å². The average Bonchev–Trinajstić information content (AvgIpc) is 3.69. The Hall–Kier alpha value is -3.47. The Morgan fingerprint density at radius 2 is 1.84 bits per heavy atom. The highest BCUT2D eigenvalue weighted by molar-refractivity contribution is 5.87. The Balaban J connectivity index is 1.56. The van der Waals surface area contributed by atoms with E-state index in [4.69, 9.17) is 10.5 Å². The minimum absolute atomic E-state index is 0.0954. The molecule has 2 aromatic heterocycles. The summed E-state index contributed by atoms with van der Waals surface area (Å²) in [7, 11) is 0. The molecule has 2 atom stereocenters. The number of halogens is 4. The van der Waals surface area contributed by atoms with Gasteiger partial charge in [-0.15, -0.1) is 0 Å². The lowest BCUT2D eigenvalue weighted by Gasteiger charge is -2.29. The van der Waals surface area contributed by atoms with Crippen molar-refractivity contribution in [1.82, 2.24) is 19.9 Å². The molecule has 194 valence electrons. The van der Waals surface area contributed by atoms with Crippen molar-refractivity contribution < 1.29 is 22.3 Å². The summed E-state index contributed by atoms with van der Waals surface area (Å²) in [5, 5.41) is 0. The van der Waals surface area contributed by atoms with Crippen LogP contribution in [-0.4, -0.2) is 44.9 Å². The number of alkyl halides is 3. The summed E-state index contributed by atoms with van der Waals surface area (Å²) >= 11 is 0. The first-order chi connectivity index (χ1) is 17.6. The smallest absolute Gasteiger partial charge is 0.404 e. The third-order valence-electron chi connectivity index (χ3n) is 6.71. The van der Waals surface area contributed by atoms with Crippen LogP contribution >= 0.6 is 0 Å². The number of aromatic nitrogens is 4. The van der Waals surface area contributed by atoms with Gasteiger partial charge in [0.05, 0.1) is 29.1 Å². The summed E-state index contributed by atoms with van der Waals surface area (Å²) in [4.78, 5) is 22.8. The molecule has 2 aliphatic rings. The normalized spacial score (nSPS) is 21.2. The van der Waals surface area contributed by atoms with Crippen LogP contribution in [0.3, 0.4) is 0 Å². The van der Waals surface area contributed by atoms with E-state index >= 15 is 4.39 Å². The summed E-state index contributed by atoms with van der Waals surface area (Å²) in [6.45, 7) is 3.95. The van der Waals surface area contributed by atoms with Crippen molar-refractivity contribution >= 4 is 17.4 Å². The second-order valence-corrected chi connectivity index (χ2v) is 9.45. The summed E-state index contributed by atoms with van der Waals surface area (Å²) in [6, 6.07) is 2.73. The predicted octanol–water partition coefficient (Wildman–Crippen LogP) is 5.20. The van der Waals surface area contributed by atoms with Gasteiger partial charge in [-0.2, -0.15) is 13.2 Å². The molecular weight excluding hydrogens is 488 g/mol. The predicted molar refractivity (Wildman–Crippen MR) is 130 cm³/mol. The Kier molecular flexibility index (Phi) is 6.65. The zero-order valence-corrected chi connectivity index (χ0v) is 20.4. The molecule has 2 fully saturated rings. The monoisotopic (exact) mass is 514 g/mol. The number of hydrogen-bond donors (Lipinski definition) is 1. The maximum atomic E-state index is 15.1. The van der Waals surface area contributed by atoms with Gasteiger partial charge in [-0.25, -0.2) is 24.3 Å². The first-order valence-electron chi connectivity index (χ1n) is 12.1. The topological polar surface area (TPSA) is 99.2 Å². The van der Waals surface area contributed by atoms with Crippen molar-refractivity contribution in [3.63, 3.8) is 0 Å². The lowest BCUT2D eigenvalue weighted by Crippen LogP contribution is -2.28. The van der Waals surface area contributed by atoms with E-state index in [2.05, 4.69) is 24.9 Å². The molecule has 1 aliphatic carbocycles. The van der Waals surface area contributed by atoms with Gasteiger partial charge in [-0.1, -0.05) is 0 Å². The third-order valence-corrected chi connectivity index (χ3v) is 6.71. The fourth-order valence-electron chi connectivity index (χ4n) is 4.30. The minimum atomic E-state index is -4.67. The second-order valence-electron chi connectivity index (χ2n) is 9.45. The number of rotatable bonds is 5. The Bertz CT molecular complexity index is 1400. The van der Waals surface area contributed by atoms with Crippen molar-refractivity contribution in [2.24, 2.45) is 10.7 Å². The molecule has 3 heterocycles. The van der Waals surface area contributed by atoms with Gasteiger partial charge in [-0.3, -0.25) is 4.99 Å². The Morgan fingerprint density at radius 3 is 2.51 bits per heavy atom. The number of nitrogens with two attached hydrogens (primary N) is 1. The summed E-state index contributed by atoms with van der Waals surface area (Å²) in [6.07, 6.45) is 1.51. The fourth-order valence-corrected chi connectivity index (χ4v) is 4.30. The zero-order chi connectivity index (χ0) is 26.3. The van der Waals surface area contributed by atoms with Crippen LogP contribution < -0.4 is 5.73 Å². The van der Waals surface area contributed by atoms with Gasteiger partial charge in [0.25, 0.3) is 0 Å². The van der Waals surface area contributed by atoms with E-state index in [0.717, 1.165) is 30.5 Å². The molecule has 1 saturated heterocycles. The van der Waals surface area contributed by atoms with E-state index in [9.17, 15) is 13.2 Å². The standard InChI is InChI=1S/C26H26F4N6O/c1-13-14(2)34-25-23(33-13)22(19-6-3-17(10-20(19)27)26(28,29)30)35-24(36-25)15-7-8-37-21(9-15)16(11-31)12-32-18-4-5-18/h3,6,10-12,15,18,21H,4-5,7-9,31H2,1-2H3/b16-11+,32-12?/t15-,21+/m0/s1. The quantitative estimate of drug-likeness (QED) is 0.371. The molecule has 0 bridgehead atoms. The number of ether oxygens (including phenoxy) is 1. The maximum absolute atomic E-state index is 15.1. The van der Waals surface area contributed by atoms with Gasteiger partial charge in [0.1, 0.15) is 22.9 Å². The first-order valence-corrected chi connectivity index (χ1v) is 12.1. The molecule has 3 aromatic rings. The highest BCUT2D eigenvalue weighted by Crippen LogP contribution is 2.36. The molecular formula is C26H26F4N6O. The third kappa shape index (κ3) is 5.31. The van der Waals surface area contributed by atoms with Crippen molar-refractivity contribution in [3.8, 4) is 11.3 Å². The van der Waals surface area contributed by atoms with Crippen LogP contribution in [0.1, 0.15) is 54.4 Å². The number of nitrogens with zero attached hydrogens (tertiary/aromatic N) is 5. The molecule has 1 saturated carbocycles. The summed E-state index contributed by atoms with van der Waals surface area (Å²) in [5.41, 5.74) is 7.28. The summed E-state index contributed by atoms with van der Waals surface area (Å²) in [5.74, 6) is -0.814. The van der Waals surface area contributed by atoms with Gasteiger partial charge >= 0.3 is 6.18 Å². The SMILES string of the molecule is Cc1nc2nc([C@H]3CCO[C@@H](/C(C=NC4CC4)=C/N)C3)nc(-c3ccc(C(F)(F)F)cc3F)c2nc1C. The number of fused-ring (bicyclic) bond motifs is 1. The number of hydrogen-bond acceptors (Lipinski definition) is 7. The molecule has 37 heavy (non-hydrogen) atoms. The van der Waals surface area contributed by atoms with Crippen LogP contribution in [0.2, 0.25) is 0 Å². The van der Waals surface area contributed by atoms with Gasteiger partial charge in [0.2, 0.25) is 0 Å². The second kappa shape index (κ2) is 9.77. The average molecular weight is 515 g/mol. The van der Waals surface area contributed by atoms with Crippen molar-refractivity contribution in [3.05, 3.63) is 58.6 Å². The molecule has 1 aromatic carbocycles. The van der Waals surface area contributed by atoms with E-state index in [-0.39, 0.29) is 34.4 Å². The molecule has 2 N–H and O–H groups in total. The van der Waals surface area contributed by atoms with Gasteiger partial charge in [0.15, 0.2) is 5.65 Å². The van der Waals surface area contributed by atoms with Crippen molar-refractivity contribution in [2.75, 3.05) is 6.61 Å². The van der Waals surface area contributed by atoms with Crippen molar-refractivity contribution in [2.45, 2.75) is 63.8 Å². The van der Waals surface area contributed by atoms with Crippen LogP contribution in [0.15, 0.2) is 35.0 Å².